The van der Waals surface area contributed by atoms with E-state index < -0.39 is 0 Å². The van der Waals surface area contributed by atoms with E-state index in [9.17, 15) is 0 Å². The lowest BCUT2D eigenvalue weighted by molar-refractivity contribution is 0.0589. The minimum absolute atomic E-state index is 0.710. The maximum absolute atomic E-state index is 5.68. The molecule has 3 atom stereocenters. The molecule has 0 aromatic heterocycles. The van der Waals surface area contributed by atoms with Gasteiger partial charge >= 0.3 is 0 Å². The third-order valence-electron chi connectivity index (χ3n) is 4.90. The minimum Gasteiger partial charge on any atom is -0.330 e. The van der Waals surface area contributed by atoms with Crippen LogP contribution >= 0.6 is 0 Å². The molecule has 2 N–H and O–H groups in total. The second kappa shape index (κ2) is 6.75. The van der Waals surface area contributed by atoms with Gasteiger partial charge in [0, 0.05) is 6.04 Å². The first-order valence-electron chi connectivity index (χ1n) is 7.75. The number of piperidine rings is 1. The molecule has 1 heterocycles. The van der Waals surface area contributed by atoms with Crippen molar-refractivity contribution in [2.45, 2.75) is 64.3 Å². The van der Waals surface area contributed by atoms with Gasteiger partial charge in [0.25, 0.3) is 0 Å². The average molecular weight is 238 g/mol. The van der Waals surface area contributed by atoms with Gasteiger partial charge in [-0.1, -0.05) is 19.8 Å². The monoisotopic (exact) mass is 238 g/mol. The van der Waals surface area contributed by atoms with Gasteiger partial charge in [-0.2, -0.15) is 0 Å². The summed E-state index contributed by atoms with van der Waals surface area (Å²) in [6.07, 6.45) is 11.5. The molecular formula is C15H30N2. The van der Waals surface area contributed by atoms with Crippen molar-refractivity contribution in [2.24, 2.45) is 17.6 Å². The molecule has 0 aromatic carbocycles. The van der Waals surface area contributed by atoms with Crippen LogP contribution in [0, 0.1) is 11.8 Å². The second-order valence-electron chi connectivity index (χ2n) is 6.27. The van der Waals surface area contributed by atoms with Crippen LogP contribution in [-0.2, 0) is 0 Å². The quantitative estimate of drug-likeness (QED) is 0.798. The van der Waals surface area contributed by atoms with Crippen LogP contribution in [0.3, 0.4) is 0 Å². The highest BCUT2D eigenvalue weighted by atomic mass is 15.2. The van der Waals surface area contributed by atoms with E-state index in [1.165, 1.54) is 64.5 Å². The molecule has 1 saturated heterocycles. The van der Waals surface area contributed by atoms with Crippen LogP contribution in [0.5, 0.6) is 0 Å². The molecule has 0 amide bonds. The predicted molar refractivity (Wildman–Crippen MR) is 74.0 cm³/mol. The summed E-state index contributed by atoms with van der Waals surface area (Å²) in [6, 6.07) is 0.936. The zero-order valence-electron chi connectivity index (χ0n) is 11.5. The number of rotatable bonds is 5. The smallest absolute Gasteiger partial charge is 0.0123 e. The van der Waals surface area contributed by atoms with Gasteiger partial charge in [-0.15, -0.1) is 0 Å². The lowest BCUT2D eigenvalue weighted by atomic mass is 9.78. The third-order valence-corrected chi connectivity index (χ3v) is 4.90. The van der Waals surface area contributed by atoms with Crippen molar-refractivity contribution >= 4 is 0 Å². The molecule has 0 bridgehead atoms. The zero-order chi connectivity index (χ0) is 12.1. The van der Waals surface area contributed by atoms with Crippen LogP contribution in [-0.4, -0.2) is 30.6 Å². The number of fused-ring (bicyclic) bond motifs is 1. The molecule has 1 saturated carbocycles. The Balaban J connectivity index is 1.74. The van der Waals surface area contributed by atoms with Gasteiger partial charge in [0.2, 0.25) is 0 Å². The van der Waals surface area contributed by atoms with Crippen LogP contribution in [0.25, 0.3) is 0 Å². The Hall–Kier alpha value is -0.0800. The molecular weight excluding hydrogens is 208 g/mol. The molecule has 100 valence electrons. The molecule has 2 nitrogen and oxygen atoms in total. The van der Waals surface area contributed by atoms with Gasteiger partial charge in [-0.3, -0.25) is 0 Å². The Bertz CT molecular complexity index is 215. The summed E-state index contributed by atoms with van der Waals surface area (Å²) in [5.74, 6) is 1.74. The standard InChI is InChI=1S/C15H30N2/c1-13(12-16)6-4-10-17-11-5-8-14-7-2-3-9-15(14)17/h13-15H,2-12,16H2,1H3. The number of nitrogens with zero attached hydrogens (tertiary/aromatic N) is 1. The second-order valence-corrected chi connectivity index (χ2v) is 6.27. The van der Waals surface area contributed by atoms with Crippen molar-refractivity contribution in [1.29, 1.82) is 0 Å². The molecule has 0 spiro atoms. The average Bonchev–Trinajstić information content (AvgIpc) is 2.39. The summed E-state index contributed by atoms with van der Waals surface area (Å²) < 4.78 is 0. The molecule has 1 aliphatic carbocycles. The van der Waals surface area contributed by atoms with E-state index in [1.807, 2.05) is 0 Å². The number of likely N-dealkylation sites (tertiary alicyclic amines) is 1. The molecule has 0 radical (unpaired) electrons. The largest absolute Gasteiger partial charge is 0.330 e. The normalized spacial score (nSPS) is 32.1. The highest BCUT2D eigenvalue weighted by molar-refractivity contribution is 4.87. The van der Waals surface area contributed by atoms with Crippen molar-refractivity contribution < 1.29 is 0 Å². The van der Waals surface area contributed by atoms with Crippen molar-refractivity contribution in [3.63, 3.8) is 0 Å². The first-order chi connectivity index (χ1) is 8.31. The molecule has 1 aliphatic heterocycles. The van der Waals surface area contributed by atoms with Gasteiger partial charge in [-0.25, -0.2) is 0 Å². The van der Waals surface area contributed by atoms with Crippen LogP contribution in [0.2, 0.25) is 0 Å². The van der Waals surface area contributed by atoms with E-state index in [-0.39, 0.29) is 0 Å². The molecule has 2 fully saturated rings. The molecule has 2 rings (SSSR count). The number of nitrogens with two attached hydrogens (primary N) is 1. The summed E-state index contributed by atoms with van der Waals surface area (Å²) in [4.78, 5) is 2.80. The topological polar surface area (TPSA) is 29.3 Å². The van der Waals surface area contributed by atoms with Gasteiger partial charge in [0.1, 0.15) is 0 Å². The summed E-state index contributed by atoms with van der Waals surface area (Å²) in [5, 5.41) is 0. The highest BCUT2D eigenvalue weighted by Crippen LogP contribution is 2.35. The fourth-order valence-corrected chi connectivity index (χ4v) is 3.77. The Morgan fingerprint density at radius 3 is 2.76 bits per heavy atom. The van der Waals surface area contributed by atoms with Crippen LogP contribution in [0.15, 0.2) is 0 Å². The molecule has 0 aromatic rings. The first-order valence-corrected chi connectivity index (χ1v) is 7.75. The summed E-state index contributed by atoms with van der Waals surface area (Å²) in [5.41, 5.74) is 5.68. The SMILES string of the molecule is CC(CN)CCCN1CCCC2CCCCC21. The van der Waals surface area contributed by atoms with Gasteiger partial charge in [0.05, 0.1) is 0 Å². The lowest BCUT2D eigenvalue weighted by Gasteiger charge is -2.44. The van der Waals surface area contributed by atoms with Crippen LogP contribution in [0.4, 0.5) is 0 Å². The molecule has 17 heavy (non-hydrogen) atoms. The van der Waals surface area contributed by atoms with Crippen molar-refractivity contribution in [2.75, 3.05) is 19.6 Å². The summed E-state index contributed by atoms with van der Waals surface area (Å²) in [6.45, 7) is 5.81. The van der Waals surface area contributed by atoms with Crippen molar-refractivity contribution in [3.05, 3.63) is 0 Å². The fourth-order valence-electron chi connectivity index (χ4n) is 3.77. The number of hydrogen-bond acceptors (Lipinski definition) is 2. The van der Waals surface area contributed by atoms with Crippen molar-refractivity contribution in [1.82, 2.24) is 4.90 Å². The third kappa shape index (κ3) is 3.69. The molecule has 2 heteroatoms. The van der Waals surface area contributed by atoms with E-state index >= 15 is 0 Å². The van der Waals surface area contributed by atoms with E-state index in [4.69, 9.17) is 5.73 Å². The van der Waals surface area contributed by atoms with E-state index in [0.717, 1.165) is 18.5 Å². The van der Waals surface area contributed by atoms with Crippen LogP contribution < -0.4 is 5.73 Å². The van der Waals surface area contributed by atoms with E-state index in [2.05, 4.69) is 11.8 Å². The van der Waals surface area contributed by atoms with E-state index in [1.54, 1.807) is 0 Å². The summed E-state index contributed by atoms with van der Waals surface area (Å²) >= 11 is 0. The van der Waals surface area contributed by atoms with Crippen LogP contribution in [0.1, 0.15) is 58.3 Å². The lowest BCUT2D eigenvalue weighted by Crippen LogP contribution is -2.47. The minimum atomic E-state index is 0.710. The Morgan fingerprint density at radius 2 is 1.94 bits per heavy atom. The van der Waals surface area contributed by atoms with Gasteiger partial charge in [0.15, 0.2) is 0 Å². The first kappa shape index (κ1) is 13.4. The Labute approximate surface area is 107 Å². The summed E-state index contributed by atoms with van der Waals surface area (Å²) in [7, 11) is 0. The maximum atomic E-state index is 5.68. The number of hydrogen-bond donors (Lipinski definition) is 1. The van der Waals surface area contributed by atoms with Crippen molar-refractivity contribution in [3.8, 4) is 0 Å². The predicted octanol–water partition coefficient (Wildman–Crippen LogP) is 3.02. The Kier molecular flexibility index (Phi) is 5.30. The van der Waals surface area contributed by atoms with E-state index in [0.29, 0.717) is 5.92 Å². The van der Waals surface area contributed by atoms with Gasteiger partial charge in [-0.05, 0) is 70.0 Å². The Morgan fingerprint density at radius 1 is 1.18 bits per heavy atom. The molecule has 3 unspecified atom stereocenters. The van der Waals surface area contributed by atoms with Gasteiger partial charge < -0.3 is 10.6 Å². The zero-order valence-corrected chi connectivity index (χ0v) is 11.5. The fraction of sp³-hybridized carbons (Fsp3) is 1.00. The maximum Gasteiger partial charge on any atom is 0.0123 e. The molecule has 2 aliphatic rings. The highest BCUT2D eigenvalue weighted by Gasteiger charge is 2.32.